The van der Waals surface area contributed by atoms with Crippen LogP contribution in [0.3, 0.4) is 0 Å². The Bertz CT molecular complexity index is 1350. The zero-order valence-electron chi connectivity index (χ0n) is 18.4. The van der Waals surface area contributed by atoms with E-state index >= 15 is 0 Å². The van der Waals surface area contributed by atoms with Crippen molar-refractivity contribution in [1.29, 1.82) is 0 Å². The van der Waals surface area contributed by atoms with Crippen molar-refractivity contribution in [2.45, 2.75) is 20.5 Å². The number of halogens is 2. The van der Waals surface area contributed by atoms with Crippen molar-refractivity contribution in [3.63, 3.8) is 0 Å². The summed E-state index contributed by atoms with van der Waals surface area (Å²) in [7, 11) is 0. The van der Waals surface area contributed by atoms with Crippen LogP contribution in [-0.4, -0.2) is 17.8 Å². The van der Waals surface area contributed by atoms with Crippen molar-refractivity contribution < 1.29 is 23.5 Å². The molecular weight excluding hydrogens is 459 g/mol. The maximum absolute atomic E-state index is 14.0. The summed E-state index contributed by atoms with van der Waals surface area (Å²) in [4.78, 5) is 39.2. The van der Waals surface area contributed by atoms with E-state index in [1.165, 1.54) is 18.2 Å². The number of nitrogens with one attached hydrogen (secondary N) is 1. The molecule has 3 aromatic rings. The lowest BCUT2D eigenvalue weighted by molar-refractivity contribution is -0.122. The quantitative estimate of drug-likeness (QED) is 0.396. The minimum Gasteiger partial charge on any atom is -0.488 e. The molecule has 1 saturated heterocycles. The van der Waals surface area contributed by atoms with Gasteiger partial charge in [0.25, 0.3) is 11.8 Å². The highest BCUT2D eigenvalue weighted by molar-refractivity contribution is 6.39. The molecule has 1 aliphatic rings. The van der Waals surface area contributed by atoms with E-state index in [4.69, 9.17) is 16.3 Å². The molecule has 1 heterocycles. The SMILES string of the molecule is Cc1ccc(N2C(=O)NC(=O)/C(=C\c3cc(Cl)ccc3OCc3ccccc3F)C2=O)cc1C. The highest BCUT2D eigenvalue weighted by Gasteiger charge is 2.37. The van der Waals surface area contributed by atoms with Gasteiger partial charge in [0.15, 0.2) is 0 Å². The third-order valence-corrected chi connectivity index (χ3v) is 5.70. The first kappa shape index (κ1) is 23.2. The Balaban J connectivity index is 1.69. The first-order valence-electron chi connectivity index (χ1n) is 10.4. The number of anilines is 1. The van der Waals surface area contributed by atoms with Crippen LogP contribution < -0.4 is 15.0 Å². The van der Waals surface area contributed by atoms with E-state index in [-0.39, 0.29) is 17.9 Å². The number of urea groups is 1. The minimum absolute atomic E-state index is 0.0716. The first-order valence-corrected chi connectivity index (χ1v) is 10.8. The number of benzene rings is 3. The van der Waals surface area contributed by atoms with Crippen LogP contribution in [-0.2, 0) is 16.2 Å². The van der Waals surface area contributed by atoms with Crippen LogP contribution in [0.1, 0.15) is 22.3 Å². The molecule has 34 heavy (non-hydrogen) atoms. The van der Waals surface area contributed by atoms with Gasteiger partial charge in [-0.15, -0.1) is 0 Å². The summed E-state index contributed by atoms with van der Waals surface area (Å²) >= 11 is 6.13. The van der Waals surface area contributed by atoms with E-state index in [0.717, 1.165) is 16.0 Å². The molecule has 8 heteroatoms. The largest absolute Gasteiger partial charge is 0.488 e. The van der Waals surface area contributed by atoms with Crippen LogP contribution in [0.15, 0.2) is 66.2 Å². The van der Waals surface area contributed by atoms with Gasteiger partial charge in [-0.3, -0.25) is 14.9 Å². The Morgan fingerprint density at radius 3 is 2.50 bits per heavy atom. The van der Waals surface area contributed by atoms with Crippen molar-refractivity contribution in [2.24, 2.45) is 0 Å². The van der Waals surface area contributed by atoms with E-state index in [1.54, 1.807) is 48.5 Å². The van der Waals surface area contributed by atoms with E-state index in [0.29, 0.717) is 21.8 Å². The Morgan fingerprint density at radius 1 is 1.00 bits per heavy atom. The van der Waals surface area contributed by atoms with Crippen molar-refractivity contribution in [1.82, 2.24) is 5.32 Å². The Kier molecular flexibility index (Phi) is 6.47. The number of barbiturate groups is 1. The summed E-state index contributed by atoms with van der Waals surface area (Å²) in [6.45, 7) is 3.70. The standard InChI is InChI=1S/C26H20ClFN2O4/c1-15-7-9-20(11-16(15)2)30-25(32)21(24(31)29-26(30)33)13-18-12-19(27)8-10-23(18)34-14-17-5-3-4-6-22(17)28/h3-13H,14H2,1-2H3,(H,29,31,33)/b21-13+. The van der Waals surface area contributed by atoms with Crippen LogP contribution in [0, 0.1) is 19.7 Å². The van der Waals surface area contributed by atoms with Gasteiger partial charge in [0.1, 0.15) is 23.7 Å². The molecule has 0 saturated carbocycles. The maximum atomic E-state index is 14.0. The molecule has 1 aliphatic heterocycles. The average Bonchev–Trinajstić information content (AvgIpc) is 2.79. The van der Waals surface area contributed by atoms with Gasteiger partial charge in [0.05, 0.1) is 5.69 Å². The van der Waals surface area contributed by atoms with Gasteiger partial charge >= 0.3 is 6.03 Å². The molecule has 0 radical (unpaired) electrons. The fraction of sp³-hybridized carbons (Fsp3) is 0.115. The molecule has 4 amide bonds. The fourth-order valence-electron chi connectivity index (χ4n) is 3.45. The molecular formula is C26H20ClFN2O4. The number of amides is 4. The molecule has 4 rings (SSSR count). The summed E-state index contributed by atoms with van der Waals surface area (Å²) in [5, 5.41) is 2.54. The topological polar surface area (TPSA) is 75.7 Å². The molecule has 0 spiro atoms. The van der Waals surface area contributed by atoms with Gasteiger partial charge in [0.2, 0.25) is 0 Å². The number of nitrogens with zero attached hydrogens (tertiary/aromatic N) is 1. The van der Waals surface area contributed by atoms with Gasteiger partial charge in [-0.2, -0.15) is 0 Å². The summed E-state index contributed by atoms with van der Waals surface area (Å²) in [6, 6.07) is 15.1. The smallest absolute Gasteiger partial charge is 0.335 e. The van der Waals surface area contributed by atoms with E-state index in [2.05, 4.69) is 5.32 Å². The van der Waals surface area contributed by atoms with Crippen LogP contribution >= 0.6 is 11.6 Å². The normalized spacial score (nSPS) is 15.0. The second-order valence-corrected chi connectivity index (χ2v) is 8.23. The van der Waals surface area contributed by atoms with Gasteiger partial charge in [-0.1, -0.05) is 35.9 Å². The molecule has 6 nitrogen and oxygen atoms in total. The van der Waals surface area contributed by atoms with E-state index in [9.17, 15) is 18.8 Å². The highest BCUT2D eigenvalue weighted by Crippen LogP contribution is 2.29. The van der Waals surface area contributed by atoms with Crippen LogP contribution in [0.4, 0.5) is 14.9 Å². The lowest BCUT2D eigenvalue weighted by atomic mass is 10.0. The fourth-order valence-corrected chi connectivity index (χ4v) is 3.63. The van der Waals surface area contributed by atoms with Gasteiger partial charge in [0, 0.05) is 16.1 Å². The molecule has 1 fully saturated rings. The second-order valence-electron chi connectivity index (χ2n) is 7.79. The molecule has 172 valence electrons. The number of rotatable bonds is 5. The number of imide groups is 2. The molecule has 0 aromatic heterocycles. The summed E-state index contributed by atoms with van der Waals surface area (Å²) in [5.74, 6) is -1.75. The predicted octanol–water partition coefficient (Wildman–Crippen LogP) is 5.34. The lowest BCUT2D eigenvalue weighted by Crippen LogP contribution is -2.54. The number of aryl methyl sites for hydroxylation is 2. The van der Waals surface area contributed by atoms with Gasteiger partial charge in [-0.05, 0) is 67.4 Å². The summed E-state index contributed by atoms with van der Waals surface area (Å²) in [6.07, 6.45) is 1.31. The third kappa shape index (κ3) is 4.70. The first-order chi connectivity index (χ1) is 16.2. The van der Waals surface area contributed by atoms with E-state index in [1.807, 2.05) is 13.8 Å². The van der Waals surface area contributed by atoms with E-state index < -0.39 is 23.7 Å². The minimum atomic E-state index is -0.838. The number of hydrogen-bond donors (Lipinski definition) is 1. The van der Waals surface area contributed by atoms with Gasteiger partial charge in [-0.25, -0.2) is 14.1 Å². The number of carbonyl (C=O) groups excluding carboxylic acids is 3. The lowest BCUT2D eigenvalue weighted by Gasteiger charge is -2.27. The van der Waals surface area contributed by atoms with Crippen LogP contribution in [0.25, 0.3) is 6.08 Å². The second kappa shape index (κ2) is 9.49. The highest BCUT2D eigenvalue weighted by atomic mass is 35.5. The summed E-state index contributed by atoms with van der Waals surface area (Å²) < 4.78 is 19.7. The average molecular weight is 479 g/mol. The third-order valence-electron chi connectivity index (χ3n) is 5.46. The van der Waals surface area contributed by atoms with Gasteiger partial charge < -0.3 is 4.74 Å². The predicted molar refractivity (Wildman–Crippen MR) is 127 cm³/mol. The molecule has 0 atom stereocenters. The zero-order valence-corrected chi connectivity index (χ0v) is 19.2. The number of ether oxygens (including phenoxy) is 1. The molecule has 3 aromatic carbocycles. The number of carbonyl (C=O) groups is 3. The Labute approximate surface area is 200 Å². The Hall–Kier alpha value is -3.97. The number of hydrogen-bond acceptors (Lipinski definition) is 4. The Morgan fingerprint density at radius 2 is 1.76 bits per heavy atom. The monoisotopic (exact) mass is 478 g/mol. The van der Waals surface area contributed by atoms with Crippen LogP contribution in [0.2, 0.25) is 5.02 Å². The molecule has 0 unspecified atom stereocenters. The van der Waals surface area contributed by atoms with Crippen molar-refractivity contribution in [3.05, 3.63) is 99.3 Å². The van der Waals surface area contributed by atoms with Crippen LogP contribution in [0.5, 0.6) is 5.75 Å². The molecule has 0 aliphatic carbocycles. The molecule has 1 N–H and O–H groups in total. The molecule has 0 bridgehead atoms. The summed E-state index contributed by atoms with van der Waals surface area (Å²) in [5.41, 5.74) is 2.63. The zero-order chi connectivity index (χ0) is 24.4. The van der Waals surface area contributed by atoms with Crippen molar-refractivity contribution >= 4 is 41.2 Å². The van der Waals surface area contributed by atoms with Crippen molar-refractivity contribution in [3.8, 4) is 5.75 Å². The van der Waals surface area contributed by atoms with Crippen molar-refractivity contribution in [2.75, 3.05) is 4.90 Å². The maximum Gasteiger partial charge on any atom is 0.335 e.